The fourth-order valence-corrected chi connectivity index (χ4v) is 0.867. The molecule has 0 unspecified atom stereocenters. The van der Waals surface area contributed by atoms with Gasteiger partial charge in [0, 0.05) is 0 Å². The number of nitrogens with zero attached hydrogens (tertiary/aromatic N) is 1. The molecule has 5 nitrogen and oxygen atoms in total. The van der Waals surface area contributed by atoms with Crippen molar-refractivity contribution >= 4 is 29.3 Å². The lowest BCUT2D eigenvalue weighted by Gasteiger charge is -2.01. The van der Waals surface area contributed by atoms with Gasteiger partial charge in [0.1, 0.15) is 11.7 Å². The number of anilines is 1. The highest BCUT2D eigenvalue weighted by atomic mass is 35.5. The average molecular weight is 215 g/mol. The van der Waals surface area contributed by atoms with Gasteiger partial charge in [0.15, 0.2) is 5.69 Å². The molecule has 74 valence electrons. The number of hydrogen-bond acceptors (Lipinski definition) is 3. The number of halogens is 1. The van der Waals surface area contributed by atoms with Crippen molar-refractivity contribution in [2.75, 3.05) is 11.2 Å². The number of aromatic nitrogens is 1. The molecule has 0 aromatic carbocycles. The van der Waals surface area contributed by atoms with Crippen molar-refractivity contribution in [2.24, 2.45) is 0 Å². The molecule has 0 atom stereocenters. The van der Waals surface area contributed by atoms with Crippen LogP contribution in [-0.4, -0.2) is 27.8 Å². The lowest BCUT2D eigenvalue weighted by atomic mass is 10.3. The lowest BCUT2D eigenvalue weighted by Crippen LogP contribution is -2.14. The van der Waals surface area contributed by atoms with Gasteiger partial charge in [0.05, 0.1) is 0 Å². The van der Waals surface area contributed by atoms with Gasteiger partial charge in [-0.15, -0.1) is 11.6 Å². The summed E-state index contributed by atoms with van der Waals surface area (Å²) in [4.78, 5) is 25.0. The first-order valence-corrected chi connectivity index (χ1v) is 4.23. The fraction of sp³-hybridized carbons (Fsp3) is 0.125. The van der Waals surface area contributed by atoms with Gasteiger partial charge >= 0.3 is 5.97 Å². The minimum absolute atomic E-state index is 0.127. The predicted octanol–water partition coefficient (Wildman–Crippen LogP) is 0.957. The highest BCUT2D eigenvalue weighted by Gasteiger charge is 2.06. The van der Waals surface area contributed by atoms with E-state index < -0.39 is 11.9 Å². The molecule has 1 aromatic heterocycles. The summed E-state index contributed by atoms with van der Waals surface area (Å²) in [6.07, 6.45) is 0. The van der Waals surface area contributed by atoms with Crippen LogP contribution in [0.3, 0.4) is 0 Å². The first kappa shape index (κ1) is 10.5. The average Bonchev–Trinajstić information content (AvgIpc) is 2.18. The van der Waals surface area contributed by atoms with E-state index in [2.05, 4.69) is 10.3 Å². The Balaban J connectivity index is 2.83. The zero-order valence-corrected chi connectivity index (χ0v) is 7.78. The van der Waals surface area contributed by atoms with Crippen LogP contribution in [0.5, 0.6) is 0 Å². The first-order valence-electron chi connectivity index (χ1n) is 3.69. The Morgan fingerprint density at radius 1 is 1.50 bits per heavy atom. The van der Waals surface area contributed by atoms with E-state index in [1.165, 1.54) is 18.2 Å². The molecule has 0 fully saturated rings. The van der Waals surface area contributed by atoms with Crippen LogP contribution in [0.2, 0.25) is 0 Å². The molecule has 1 amide bonds. The Morgan fingerprint density at radius 2 is 2.21 bits per heavy atom. The topological polar surface area (TPSA) is 79.3 Å². The van der Waals surface area contributed by atoms with Gasteiger partial charge in [-0.25, -0.2) is 9.78 Å². The maximum atomic E-state index is 10.8. The number of amides is 1. The molecular weight excluding hydrogens is 208 g/mol. The van der Waals surface area contributed by atoms with E-state index in [0.29, 0.717) is 0 Å². The van der Waals surface area contributed by atoms with Crippen molar-refractivity contribution in [3.63, 3.8) is 0 Å². The van der Waals surface area contributed by atoms with Crippen molar-refractivity contribution in [3.8, 4) is 0 Å². The van der Waals surface area contributed by atoms with Crippen LogP contribution in [-0.2, 0) is 4.79 Å². The molecule has 0 saturated carbocycles. The standard InChI is InChI=1S/C8H7ClN2O3/c9-4-7(12)11-6-3-1-2-5(10-6)8(13)14/h1-3H,4H2,(H,13,14)(H,10,11,12). The summed E-state index contributed by atoms with van der Waals surface area (Å²) in [6, 6.07) is 4.30. The Labute approximate surface area is 84.7 Å². The van der Waals surface area contributed by atoms with Crippen LogP contribution < -0.4 is 5.32 Å². The number of carboxylic acid groups (broad SMARTS) is 1. The number of rotatable bonds is 3. The van der Waals surface area contributed by atoms with Crippen LogP contribution in [0.1, 0.15) is 10.5 Å². The summed E-state index contributed by atoms with van der Waals surface area (Å²) in [5, 5.41) is 10.9. The molecule has 0 aliphatic carbocycles. The van der Waals surface area contributed by atoms with E-state index in [1.54, 1.807) is 0 Å². The van der Waals surface area contributed by atoms with E-state index in [1.807, 2.05) is 0 Å². The largest absolute Gasteiger partial charge is 0.477 e. The van der Waals surface area contributed by atoms with Crippen LogP contribution in [0.4, 0.5) is 5.82 Å². The fourth-order valence-electron chi connectivity index (χ4n) is 0.800. The van der Waals surface area contributed by atoms with Gasteiger partial charge in [-0.3, -0.25) is 4.79 Å². The normalized spacial score (nSPS) is 9.50. The molecule has 0 saturated heterocycles. The van der Waals surface area contributed by atoms with Gasteiger partial charge in [-0.05, 0) is 12.1 Å². The maximum Gasteiger partial charge on any atom is 0.354 e. The van der Waals surface area contributed by atoms with Crippen molar-refractivity contribution < 1.29 is 14.7 Å². The van der Waals surface area contributed by atoms with E-state index >= 15 is 0 Å². The van der Waals surface area contributed by atoms with E-state index in [9.17, 15) is 9.59 Å². The predicted molar refractivity (Wildman–Crippen MR) is 50.5 cm³/mol. The summed E-state index contributed by atoms with van der Waals surface area (Å²) in [6.45, 7) is 0. The summed E-state index contributed by atoms with van der Waals surface area (Å²) in [7, 11) is 0. The molecular formula is C8H7ClN2O3. The molecule has 14 heavy (non-hydrogen) atoms. The smallest absolute Gasteiger partial charge is 0.354 e. The summed E-state index contributed by atoms with van der Waals surface area (Å²) >= 11 is 5.25. The van der Waals surface area contributed by atoms with E-state index in [-0.39, 0.29) is 17.4 Å². The highest BCUT2D eigenvalue weighted by Crippen LogP contribution is 2.04. The Kier molecular flexibility index (Phi) is 3.41. The number of aromatic carboxylic acids is 1. The molecule has 0 aliphatic heterocycles. The SMILES string of the molecule is O=C(CCl)Nc1cccc(C(=O)O)n1. The third-order valence-electron chi connectivity index (χ3n) is 1.36. The summed E-state index contributed by atoms with van der Waals surface area (Å²) in [5.74, 6) is -1.59. The molecule has 1 heterocycles. The third-order valence-corrected chi connectivity index (χ3v) is 1.60. The van der Waals surface area contributed by atoms with E-state index in [0.717, 1.165) is 0 Å². The van der Waals surface area contributed by atoms with Crippen molar-refractivity contribution in [2.45, 2.75) is 0 Å². The maximum absolute atomic E-state index is 10.8. The lowest BCUT2D eigenvalue weighted by molar-refractivity contribution is -0.113. The number of hydrogen-bond donors (Lipinski definition) is 2. The molecule has 0 bridgehead atoms. The number of carbonyl (C=O) groups excluding carboxylic acids is 1. The summed E-state index contributed by atoms with van der Waals surface area (Å²) < 4.78 is 0. The zero-order chi connectivity index (χ0) is 10.6. The van der Waals surface area contributed by atoms with Crippen molar-refractivity contribution in [1.29, 1.82) is 0 Å². The van der Waals surface area contributed by atoms with Crippen LogP contribution >= 0.6 is 11.6 Å². The molecule has 1 rings (SSSR count). The summed E-state index contributed by atoms with van der Waals surface area (Å²) in [5.41, 5.74) is -0.127. The number of nitrogens with one attached hydrogen (secondary N) is 1. The van der Waals surface area contributed by atoms with E-state index in [4.69, 9.17) is 16.7 Å². The molecule has 6 heteroatoms. The first-order chi connectivity index (χ1) is 6.63. The number of carbonyl (C=O) groups is 2. The Bertz CT molecular complexity index is 367. The van der Waals surface area contributed by atoms with Gasteiger partial charge in [-0.2, -0.15) is 0 Å². The van der Waals surface area contributed by atoms with Gasteiger partial charge < -0.3 is 10.4 Å². The van der Waals surface area contributed by atoms with Crippen molar-refractivity contribution in [3.05, 3.63) is 23.9 Å². The van der Waals surface area contributed by atoms with Gasteiger partial charge in [0.2, 0.25) is 5.91 Å². The van der Waals surface area contributed by atoms with Gasteiger partial charge in [0.25, 0.3) is 0 Å². The van der Waals surface area contributed by atoms with Crippen LogP contribution in [0, 0.1) is 0 Å². The van der Waals surface area contributed by atoms with Crippen molar-refractivity contribution in [1.82, 2.24) is 4.98 Å². The number of carboxylic acids is 1. The van der Waals surface area contributed by atoms with Crippen LogP contribution in [0.25, 0.3) is 0 Å². The molecule has 1 aromatic rings. The monoisotopic (exact) mass is 214 g/mol. The number of pyridine rings is 1. The Hall–Kier alpha value is -1.62. The molecule has 0 radical (unpaired) electrons. The highest BCUT2D eigenvalue weighted by molar-refractivity contribution is 6.29. The minimum Gasteiger partial charge on any atom is -0.477 e. The molecule has 2 N–H and O–H groups in total. The second-order valence-electron chi connectivity index (χ2n) is 2.40. The number of alkyl halides is 1. The Morgan fingerprint density at radius 3 is 2.79 bits per heavy atom. The minimum atomic E-state index is -1.15. The third kappa shape index (κ3) is 2.70. The molecule has 0 aliphatic rings. The molecule has 0 spiro atoms. The van der Waals surface area contributed by atoms with Crippen LogP contribution in [0.15, 0.2) is 18.2 Å². The quantitative estimate of drug-likeness (QED) is 0.735. The van der Waals surface area contributed by atoms with Gasteiger partial charge in [-0.1, -0.05) is 6.07 Å². The second-order valence-corrected chi connectivity index (χ2v) is 2.66. The second kappa shape index (κ2) is 4.57. The zero-order valence-electron chi connectivity index (χ0n) is 7.03.